The minimum Gasteiger partial charge on any atom is -0.465 e. The van der Waals surface area contributed by atoms with Crippen LogP contribution in [0.15, 0.2) is 56.8 Å². The molecule has 4 rings (SSSR count). The zero-order valence-electron chi connectivity index (χ0n) is 15.1. The first-order chi connectivity index (χ1) is 13.9. The highest BCUT2D eigenvalue weighted by molar-refractivity contribution is 6.31. The van der Waals surface area contributed by atoms with E-state index in [1.54, 1.807) is 24.3 Å². The number of pyridine rings is 1. The smallest absolute Gasteiger partial charge is 0.338 e. The molecule has 0 radical (unpaired) electrons. The molecule has 2 N–H and O–H groups in total. The lowest BCUT2D eigenvalue weighted by Gasteiger charge is -2.11. The maximum atomic E-state index is 13.0. The molecule has 9 heteroatoms. The quantitative estimate of drug-likeness (QED) is 0.395. The second-order valence-corrected chi connectivity index (χ2v) is 6.81. The second kappa shape index (κ2) is 7.06. The number of nitrogens with zero attached hydrogens (tertiary/aromatic N) is 1. The average Bonchev–Trinajstić information content (AvgIpc) is 2.71. The molecule has 0 spiro atoms. The fourth-order valence-corrected chi connectivity index (χ4v) is 3.42. The van der Waals surface area contributed by atoms with Crippen molar-refractivity contribution >= 4 is 39.4 Å². The Balaban J connectivity index is 1.97. The Morgan fingerprint density at radius 2 is 1.90 bits per heavy atom. The van der Waals surface area contributed by atoms with E-state index >= 15 is 0 Å². The van der Waals surface area contributed by atoms with Crippen molar-refractivity contribution in [3.05, 3.63) is 89.5 Å². The van der Waals surface area contributed by atoms with Gasteiger partial charge >= 0.3 is 5.97 Å². The van der Waals surface area contributed by atoms with E-state index in [-0.39, 0.29) is 28.4 Å². The Bertz CT molecular complexity index is 1470. The highest BCUT2D eigenvalue weighted by Crippen LogP contribution is 2.16. The molecule has 0 aliphatic rings. The Morgan fingerprint density at radius 1 is 1.14 bits per heavy atom. The number of halogens is 1. The number of fused-ring (bicyclic) bond motifs is 2. The van der Waals surface area contributed by atoms with Gasteiger partial charge in [-0.1, -0.05) is 29.8 Å². The molecular formula is C20H14ClN3O5. The number of esters is 1. The number of benzene rings is 2. The van der Waals surface area contributed by atoms with Crippen molar-refractivity contribution < 1.29 is 9.53 Å². The zero-order chi connectivity index (χ0) is 20.7. The largest absolute Gasteiger partial charge is 0.465 e. The van der Waals surface area contributed by atoms with E-state index < -0.39 is 22.5 Å². The maximum absolute atomic E-state index is 13.0. The topological polar surface area (TPSA) is 114 Å². The van der Waals surface area contributed by atoms with Crippen LogP contribution in [0.25, 0.3) is 21.8 Å². The molecule has 0 saturated heterocycles. The lowest BCUT2D eigenvalue weighted by atomic mass is 10.1. The summed E-state index contributed by atoms with van der Waals surface area (Å²) in [4.78, 5) is 53.3. The molecule has 29 heavy (non-hydrogen) atoms. The number of hydrogen-bond donors (Lipinski definition) is 2. The first kappa shape index (κ1) is 18.7. The number of aromatic nitrogens is 3. The summed E-state index contributed by atoms with van der Waals surface area (Å²) < 4.78 is 5.76. The van der Waals surface area contributed by atoms with E-state index in [4.69, 9.17) is 16.3 Å². The Morgan fingerprint density at radius 3 is 2.66 bits per heavy atom. The minimum absolute atomic E-state index is 0.118. The predicted molar refractivity (Wildman–Crippen MR) is 109 cm³/mol. The molecule has 0 atom stereocenters. The lowest BCUT2D eigenvalue weighted by molar-refractivity contribution is 0.0599. The van der Waals surface area contributed by atoms with Crippen LogP contribution in [0, 0.1) is 0 Å². The van der Waals surface area contributed by atoms with Crippen molar-refractivity contribution in [3.8, 4) is 0 Å². The first-order valence-corrected chi connectivity index (χ1v) is 8.93. The molecule has 4 aromatic rings. The molecule has 0 bridgehead atoms. The Hall–Kier alpha value is -3.65. The molecule has 146 valence electrons. The maximum Gasteiger partial charge on any atom is 0.338 e. The van der Waals surface area contributed by atoms with Gasteiger partial charge in [-0.3, -0.25) is 19.5 Å². The number of hydrogen-bond acceptors (Lipinski definition) is 5. The van der Waals surface area contributed by atoms with Gasteiger partial charge < -0.3 is 9.72 Å². The van der Waals surface area contributed by atoms with E-state index in [1.807, 2.05) is 0 Å². The molecule has 0 fully saturated rings. The number of methoxy groups -OCH3 is 1. The molecule has 8 nitrogen and oxygen atoms in total. The van der Waals surface area contributed by atoms with Gasteiger partial charge in [0.2, 0.25) is 5.43 Å². The van der Waals surface area contributed by atoms with Crippen molar-refractivity contribution in [2.45, 2.75) is 6.54 Å². The van der Waals surface area contributed by atoms with Crippen LogP contribution in [0.4, 0.5) is 0 Å². The van der Waals surface area contributed by atoms with Crippen molar-refractivity contribution in [1.29, 1.82) is 0 Å². The van der Waals surface area contributed by atoms with E-state index in [0.29, 0.717) is 16.1 Å². The number of nitrogens with one attached hydrogen (secondary N) is 2. The lowest BCUT2D eigenvalue weighted by Crippen LogP contribution is -2.34. The van der Waals surface area contributed by atoms with Crippen LogP contribution in [0.1, 0.15) is 15.9 Å². The van der Waals surface area contributed by atoms with Crippen LogP contribution < -0.4 is 16.5 Å². The summed E-state index contributed by atoms with van der Waals surface area (Å²) in [5.74, 6) is -0.572. The average molecular weight is 412 g/mol. The van der Waals surface area contributed by atoms with E-state index in [1.165, 1.54) is 25.3 Å². The third kappa shape index (κ3) is 3.13. The van der Waals surface area contributed by atoms with Crippen LogP contribution >= 0.6 is 11.6 Å². The van der Waals surface area contributed by atoms with Gasteiger partial charge in [0.05, 0.1) is 24.7 Å². The molecule has 2 aromatic heterocycles. The molecular weight excluding hydrogens is 398 g/mol. The summed E-state index contributed by atoms with van der Waals surface area (Å²) in [7, 11) is 1.25. The molecule has 0 unspecified atom stereocenters. The fourth-order valence-electron chi connectivity index (χ4n) is 3.25. The number of carbonyl (C=O) groups is 1. The molecule has 0 aliphatic heterocycles. The highest BCUT2D eigenvalue weighted by atomic mass is 35.5. The van der Waals surface area contributed by atoms with Gasteiger partial charge in [0.1, 0.15) is 10.9 Å². The van der Waals surface area contributed by atoms with Crippen molar-refractivity contribution in [3.63, 3.8) is 0 Å². The third-order valence-corrected chi connectivity index (χ3v) is 4.87. The van der Waals surface area contributed by atoms with Crippen LogP contribution in [-0.2, 0) is 11.3 Å². The van der Waals surface area contributed by atoms with Gasteiger partial charge in [0.25, 0.3) is 11.1 Å². The number of ether oxygens (including phenoxy) is 1. The summed E-state index contributed by atoms with van der Waals surface area (Å²) >= 11 is 5.95. The number of aromatic amines is 2. The number of carbonyl (C=O) groups excluding carboxylic acids is 1. The van der Waals surface area contributed by atoms with Gasteiger partial charge in [-0.15, -0.1) is 0 Å². The predicted octanol–water partition coefficient (Wildman–Crippen LogP) is 2.02. The van der Waals surface area contributed by atoms with E-state index in [9.17, 15) is 19.2 Å². The molecule has 0 amide bonds. The van der Waals surface area contributed by atoms with Crippen LogP contribution in [0.2, 0.25) is 5.02 Å². The summed E-state index contributed by atoms with van der Waals surface area (Å²) in [6.45, 7) is -0.118. The summed E-state index contributed by atoms with van der Waals surface area (Å²) in [5, 5.41) is 2.81. The number of H-pyrrole nitrogens is 2. The standard InChI is InChI=1S/C20H14ClN3O5/c1-29-20(28)12-5-3-2-4-10(12)9-24-19(27)15-16(18(26)23-24)22-14-8-11(21)6-7-13(14)17(15)25/h2-8H,9H2,1H3,(H,22,25)(H,23,26). The molecule has 2 aromatic carbocycles. The summed E-state index contributed by atoms with van der Waals surface area (Å²) in [6.07, 6.45) is 0. The van der Waals surface area contributed by atoms with Gasteiger partial charge in [-0.05, 0) is 29.8 Å². The Labute approximate surface area is 167 Å². The van der Waals surface area contributed by atoms with Crippen molar-refractivity contribution in [2.75, 3.05) is 7.11 Å². The Kier molecular flexibility index (Phi) is 4.56. The number of rotatable bonds is 3. The van der Waals surface area contributed by atoms with Crippen molar-refractivity contribution in [1.82, 2.24) is 14.8 Å². The third-order valence-electron chi connectivity index (χ3n) is 4.64. The summed E-state index contributed by atoms with van der Waals surface area (Å²) in [5.41, 5.74) is -0.964. The van der Waals surface area contributed by atoms with E-state index in [0.717, 1.165) is 4.68 Å². The van der Waals surface area contributed by atoms with Crippen LogP contribution in [-0.4, -0.2) is 27.8 Å². The van der Waals surface area contributed by atoms with Gasteiger partial charge in [0, 0.05) is 10.4 Å². The summed E-state index contributed by atoms with van der Waals surface area (Å²) in [6, 6.07) is 11.1. The normalized spacial score (nSPS) is 11.1. The van der Waals surface area contributed by atoms with Gasteiger partial charge in [-0.25, -0.2) is 9.48 Å². The molecule has 2 heterocycles. The van der Waals surface area contributed by atoms with Crippen molar-refractivity contribution in [2.24, 2.45) is 0 Å². The molecule has 0 aliphatic carbocycles. The first-order valence-electron chi connectivity index (χ1n) is 8.55. The fraction of sp³-hybridized carbons (Fsp3) is 0.100. The second-order valence-electron chi connectivity index (χ2n) is 6.37. The SMILES string of the molecule is COC(=O)c1ccccc1Cn1[nH]c(=O)c2[nH]c3cc(Cl)ccc3c(=O)c2c1=O. The van der Waals surface area contributed by atoms with Gasteiger partial charge in [-0.2, -0.15) is 0 Å². The van der Waals surface area contributed by atoms with Crippen LogP contribution in [0.3, 0.4) is 0 Å². The minimum atomic E-state index is -0.683. The monoisotopic (exact) mass is 411 g/mol. The van der Waals surface area contributed by atoms with Gasteiger partial charge in [0.15, 0.2) is 0 Å². The van der Waals surface area contributed by atoms with Crippen LogP contribution in [0.5, 0.6) is 0 Å². The highest BCUT2D eigenvalue weighted by Gasteiger charge is 2.17. The van der Waals surface area contributed by atoms with E-state index in [2.05, 4.69) is 10.1 Å². The molecule has 0 saturated carbocycles. The zero-order valence-corrected chi connectivity index (χ0v) is 15.9.